The van der Waals surface area contributed by atoms with Crippen LogP contribution in [0.15, 0.2) is 42.7 Å². The Morgan fingerprint density at radius 1 is 1.17 bits per heavy atom. The molecule has 0 fully saturated rings. The Bertz CT molecular complexity index is 659. The minimum Gasteiger partial charge on any atom is -0.492 e. The van der Waals surface area contributed by atoms with Crippen molar-refractivity contribution in [2.24, 2.45) is 0 Å². The maximum atomic E-state index is 12.0. The summed E-state index contributed by atoms with van der Waals surface area (Å²) in [6.07, 6.45) is 4.34. The van der Waals surface area contributed by atoms with Gasteiger partial charge in [0.05, 0.1) is 6.54 Å². The summed E-state index contributed by atoms with van der Waals surface area (Å²) < 4.78 is 5.66. The van der Waals surface area contributed by atoms with Crippen molar-refractivity contribution in [3.8, 4) is 5.75 Å². The van der Waals surface area contributed by atoms with E-state index in [0.29, 0.717) is 19.7 Å². The van der Waals surface area contributed by atoms with E-state index in [2.05, 4.69) is 24.1 Å². The van der Waals surface area contributed by atoms with Crippen LogP contribution < -0.4 is 10.1 Å². The molecule has 2 aromatic rings. The van der Waals surface area contributed by atoms with Crippen molar-refractivity contribution in [3.05, 3.63) is 59.4 Å². The normalized spacial score (nSPS) is 10.3. The fourth-order valence-corrected chi connectivity index (χ4v) is 2.21. The Morgan fingerprint density at radius 2 is 1.92 bits per heavy atom. The number of ether oxygens (including phenoxy) is 1. The number of rotatable bonds is 7. The molecule has 0 saturated heterocycles. The highest BCUT2D eigenvalue weighted by molar-refractivity contribution is 5.73. The van der Waals surface area contributed by atoms with Gasteiger partial charge in [-0.1, -0.05) is 6.07 Å². The van der Waals surface area contributed by atoms with Gasteiger partial charge in [-0.2, -0.15) is 0 Å². The highest BCUT2D eigenvalue weighted by atomic mass is 16.5. The monoisotopic (exact) mass is 327 g/mol. The number of pyridine rings is 1. The van der Waals surface area contributed by atoms with Crippen molar-refractivity contribution < 1.29 is 9.53 Å². The Kier molecular flexibility index (Phi) is 6.61. The zero-order chi connectivity index (χ0) is 17.4. The van der Waals surface area contributed by atoms with Gasteiger partial charge in [0, 0.05) is 26.0 Å². The molecule has 1 N–H and O–H groups in total. The van der Waals surface area contributed by atoms with Crippen LogP contribution in [-0.2, 0) is 6.42 Å². The Balaban J connectivity index is 1.66. The lowest BCUT2D eigenvalue weighted by molar-refractivity contribution is 0.206. The predicted molar refractivity (Wildman–Crippen MR) is 95.4 cm³/mol. The standard InChI is InChI=1S/C19H25N3O2/c1-15-4-5-18(14-16(15)2)24-13-11-21-19(23)22(3)12-8-17-6-9-20-10-7-17/h4-7,9-10,14H,8,11-13H2,1-3H3,(H,21,23). The average molecular weight is 327 g/mol. The van der Waals surface area contributed by atoms with Gasteiger partial charge < -0.3 is 15.0 Å². The number of carbonyl (C=O) groups excluding carboxylic acids is 1. The van der Waals surface area contributed by atoms with E-state index in [-0.39, 0.29) is 6.03 Å². The summed E-state index contributed by atoms with van der Waals surface area (Å²) in [4.78, 5) is 17.7. The van der Waals surface area contributed by atoms with Gasteiger partial charge in [0.1, 0.15) is 12.4 Å². The molecular weight excluding hydrogens is 302 g/mol. The number of nitrogens with one attached hydrogen (secondary N) is 1. The summed E-state index contributed by atoms with van der Waals surface area (Å²) in [5.74, 6) is 0.832. The van der Waals surface area contributed by atoms with Crippen LogP contribution in [0.25, 0.3) is 0 Å². The molecule has 1 aromatic carbocycles. The molecule has 128 valence electrons. The van der Waals surface area contributed by atoms with Gasteiger partial charge in [0.15, 0.2) is 0 Å². The van der Waals surface area contributed by atoms with Crippen molar-refractivity contribution in [2.45, 2.75) is 20.3 Å². The Labute approximate surface area is 143 Å². The number of benzene rings is 1. The van der Waals surface area contributed by atoms with Crippen LogP contribution in [-0.4, -0.2) is 42.7 Å². The first-order chi connectivity index (χ1) is 11.6. The zero-order valence-electron chi connectivity index (χ0n) is 14.6. The van der Waals surface area contributed by atoms with Crippen molar-refractivity contribution >= 4 is 6.03 Å². The van der Waals surface area contributed by atoms with E-state index < -0.39 is 0 Å². The molecule has 24 heavy (non-hydrogen) atoms. The van der Waals surface area contributed by atoms with Crippen molar-refractivity contribution in [2.75, 3.05) is 26.7 Å². The number of aryl methyl sites for hydroxylation is 2. The number of carbonyl (C=O) groups is 1. The molecule has 0 bridgehead atoms. The minimum absolute atomic E-state index is 0.0901. The van der Waals surface area contributed by atoms with E-state index in [1.165, 1.54) is 16.7 Å². The summed E-state index contributed by atoms with van der Waals surface area (Å²) in [5, 5.41) is 2.86. The summed E-state index contributed by atoms with van der Waals surface area (Å²) >= 11 is 0. The number of likely N-dealkylation sites (N-methyl/N-ethyl adjacent to an activating group) is 1. The summed E-state index contributed by atoms with van der Waals surface area (Å²) in [5.41, 5.74) is 3.61. The molecule has 5 nitrogen and oxygen atoms in total. The van der Waals surface area contributed by atoms with Crippen molar-refractivity contribution in [3.63, 3.8) is 0 Å². The predicted octanol–water partition coefficient (Wildman–Crippen LogP) is 2.96. The molecule has 2 rings (SSSR count). The molecule has 0 unspecified atom stereocenters. The lowest BCUT2D eigenvalue weighted by Crippen LogP contribution is -2.40. The van der Waals surface area contributed by atoms with Gasteiger partial charge in [0.25, 0.3) is 0 Å². The van der Waals surface area contributed by atoms with E-state index in [9.17, 15) is 4.79 Å². The molecule has 0 spiro atoms. The molecule has 1 heterocycles. The first kappa shape index (κ1) is 17.8. The number of nitrogens with zero attached hydrogens (tertiary/aromatic N) is 2. The largest absolute Gasteiger partial charge is 0.492 e. The second-order valence-electron chi connectivity index (χ2n) is 5.85. The number of hydrogen-bond acceptors (Lipinski definition) is 3. The third-order valence-electron chi connectivity index (χ3n) is 3.96. The molecule has 5 heteroatoms. The third-order valence-corrected chi connectivity index (χ3v) is 3.96. The van der Waals surface area contributed by atoms with Crippen molar-refractivity contribution in [1.82, 2.24) is 15.2 Å². The lowest BCUT2D eigenvalue weighted by Gasteiger charge is -2.18. The first-order valence-electron chi connectivity index (χ1n) is 8.14. The van der Waals surface area contributed by atoms with E-state index in [1.807, 2.05) is 30.3 Å². The van der Waals surface area contributed by atoms with Crippen LogP contribution in [0.1, 0.15) is 16.7 Å². The van der Waals surface area contributed by atoms with Gasteiger partial charge in [-0.05, 0) is 61.2 Å². The highest BCUT2D eigenvalue weighted by Gasteiger charge is 2.07. The fourth-order valence-electron chi connectivity index (χ4n) is 2.21. The molecule has 0 radical (unpaired) electrons. The first-order valence-corrected chi connectivity index (χ1v) is 8.14. The Morgan fingerprint density at radius 3 is 2.62 bits per heavy atom. The number of urea groups is 1. The van der Waals surface area contributed by atoms with Crippen LogP contribution in [0.4, 0.5) is 4.79 Å². The fraction of sp³-hybridized carbons (Fsp3) is 0.368. The van der Waals surface area contributed by atoms with E-state index in [4.69, 9.17) is 4.74 Å². The van der Waals surface area contributed by atoms with E-state index >= 15 is 0 Å². The van der Waals surface area contributed by atoms with Gasteiger partial charge in [0.2, 0.25) is 0 Å². The molecule has 0 aliphatic heterocycles. The topological polar surface area (TPSA) is 54.5 Å². The van der Waals surface area contributed by atoms with Crippen LogP contribution >= 0.6 is 0 Å². The van der Waals surface area contributed by atoms with Crippen molar-refractivity contribution in [1.29, 1.82) is 0 Å². The second-order valence-corrected chi connectivity index (χ2v) is 5.85. The van der Waals surface area contributed by atoms with E-state index in [0.717, 1.165) is 12.2 Å². The maximum Gasteiger partial charge on any atom is 0.317 e. The molecule has 1 aromatic heterocycles. The quantitative estimate of drug-likeness (QED) is 0.796. The molecule has 0 aliphatic carbocycles. The van der Waals surface area contributed by atoms with Gasteiger partial charge in [-0.3, -0.25) is 4.98 Å². The SMILES string of the molecule is Cc1ccc(OCCNC(=O)N(C)CCc2ccncc2)cc1C. The van der Waals surface area contributed by atoms with Crippen LogP contribution in [0.3, 0.4) is 0 Å². The Hall–Kier alpha value is -2.56. The zero-order valence-corrected chi connectivity index (χ0v) is 14.6. The summed E-state index contributed by atoms with van der Waals surface area (Å²) in [6.45, 7) is 5.72. The number of amides is 2. The summed E-state index contributed by atoms with van der Waals surface area (Å²) in [7, 11) is 1.79. The summed E-state index contributed by atoms with van der Waals surface area (Å²) in [6, 6.07) is 9.83. The molecular formula is C19H25N3O2. The average Bonchev–Trinajstić information content (AvgIpc) is 2.60. The maximum absolute atomic E-state index is 12.0. The molecule has 2 amide bonds. The smallest absolute Gasteiger partial charge is 0.317 e. The second kappa shape index (κ2) is 8.91. The third kappa shape index (κ3) is 5.57. The van der Waals surface area contributed by atoms with E-state index in [1.54, 1.807) is 24.3 Å². The van der Waals surface area contributed by atoms with Gasteiger partial charge in [-0.25, -0.2) is 4.79 Å². The molecule has 0 atom stereocenters. The van der Waals surface area contributed by atoms with Crippen LogP contribution in [0.2, 0.25) is 0 Å². The van der Waals surface area contributed by atoms with Gasteiger partial charge >= 0.3 is 6.03 Å². The highest BCUT2D eigenvalue weighted by Crippen LogP contribution is 2.16. The van der Waals surface area contributed by atoms with Crippen LogP contribution in [0, 0.1) is 13.8 Å². The van der Waals surface area contributed by atoms with Crippen LogP contribution in [0.5, 0.6) is 5.75 Å². The minimum atomic E-state index is -0.0901. The molecule has 0 saturated carbocycles. The number of aromatic nitrogens is 1. The van der Waals surface area contributed by atoms with Gasteiger partial charge in [-0.15, -0.1) is 0 Å². The lowest BCUT2D eigenvalue weighted by atomic mass is 10.1. The molecule has 0 aliphatic rings. The number of hydrogen-bond donors (Lipinski definition) is 1.